The molecule has 0 aliphatic carbocycles. The smallest absolute Gasteiger partial charge is 0.416 e. The summed E-state index contributed by atoms with van der Waals surface area (Å²) < 4.78 is 71.0. The lowest BCUT2D eigenvalue weighted by molar-refractivity contribution is -0.137. The van der Waals surface area contributed by atoms with Gasteiger partial charge in [-0.3, -0.25) is 4.72 Å². The number of ether oxygens (including phenoxy) is 1. The van der Waals surface area contributed by atoms with E-state index in [0.29, 0.717) is 17.0 Å². The summed E-state index contributed by atoms with van der Waals surface area (Å²) in [4.78, 5) is 0.146. The van der Waals surface area contributed by atoms with Crippen LogP contribution in [0.25, 0.3) is 0 Å². The van der Waals surface area contributed by atoms with E-state index in [4.69, 9.17) is 4.74 Å². The highest BCUT2D eigenvalue weighted by Gasteiger charge is 2.30. The van der Waals surface area contributed by atoms with Crippen molar-refractivity contribution in [1.29, 1.82) is 0 Å². The van der Waals surface area contributed by atoms with Gasteiger partial charge in [-0.15, -0.1) is 0 Å². The zero-order valence-electron chi connectivity index (χ0n) is 15.6. The van der Waals surface area contributed by atoms with Gasteiger partial charge in [0, 0.05) is 0 Å². The number of nitrogens with one attached hydrogen (secondary N) is 1. The van der Waals surface area contributed by atoms with Gasteiger partial charge in [-0.25, -0.2) is 8.42 Å². The zero-order chi connectivity index (χ0) is 21.2. The first-order valence-corrected chi connectivity index (χ1v) is 10.1. The monoisotopic (exact) mass is 421 g/mol. The molecule has 0 aliphatic heterocycles. The van der Waals surface area contributed by atoms with Crippen molar-refractivity contribution in [1.82, 2.24) is 0 Å². The number of hydrogen-bond acceptors (Lipinski definition) is 3. The summed E-state index contributed by atoms with van der Waals surface area (Å²) in [6.07, 6.45) is -4.41. The Morgan fingerprint density at radius 1 is 0.828 bits per heavy atom. The molecule has 1 N–H and O–H groups in total. The molecule has 0 spiro atoms. The molecule has 0 unspecified atom stereocenters. The van der Waals surface area contributed by atoms with Crippen LogP contribution < -0.4 is 9.46 Å². The molecular formula is C21H18F3NO3S. The van der Waals surface area contributed by atoms with Crippen molar-refractivity contribution in [2.24, 2.45) is 0 Å². The molecule has 0 saturated carbocycles. The lowest BCUT2D eigenvalue weighted by Gasteiger charge is -2.13. The molecule has 8 heteroatoms. The molecule has 0 bridgehead atoms. The molecule has 4 nitrogen and oxygen atoms in total. The standard InChI is InChI=1S/C21H18F3NO3S/c1-14-3-10-19(11-4-14)29(26,27)25-20-12-9-18(13-15(20)2)28-17-7-5-16(6-8-17)21(22,23)24/h3-13,25H,1-2H3. The molecule has 152 valence electrons. The first kappa shape index (κ1) is 20.7. The van der Waals surface area contributed by atoms with Crippen LogP contribution in [0.2, 0.25) is 0 Å². The van der Waals surface area contributed by atoms with Crippen LogP contribution in [0.4, 0.5) is 18.9 Å². The molecule has 3 rings (SSSR count). The summed E-state index contributed by atoms with van der Waals surface area (Å²) >= 11 is 0. The average molecular weight is 421 g/mol. The minimum Gasteiger partial charge on any atom is -0.457 e. The molecule has 3 aromatic carbocycles. The van der Waals surface area contributed by atoms with Crippen molar-refractivity contribution in [2.45, 2.75) is 24.9 Å². The summed E-state index contributed by atoms with van der Waals surface area (Å²) in [6.45, 7) is 3.57. The number of hydrogen-bond donors (Lipinski definition) is 1. The van der Waals surface area contributed by atoms with E-state index >= 15 is 0 Å². The van der Waals surface area contributed by atoms with Gasteiger partial charge in [-0.1, -0.05) is 17.7 Å². The van der Waals surface area contributed by atoms with E-state index in [-0.39, 0.29) is 10.6 Å². The molecule has 0 aliphatic rings. The zero-order valence-corrected chi connectivity index (χ0v) is 16.4. The van der Waals surface area contributed by atoms with Crippen molar-refractivity contribution >= 4 is 15.7 Å². The van der Waals surface area contributed by atoms with Gasteiger partial charge in [-0.05, 0) is 74.0 Å². The minimum atomic E-state index is -4.41. The maximum atomic E-state index is 12.6. The molecule has 3 aromatic rings. The van der Waals surface area contributed by atoms with Crippen molar-refractivity contribution < 1.29 is 26.3 Å². The van der Waals surface area contributed by atoms with Gasteiger partial charge < -0.3 is 4.74 Å². The summed E-state index contributed by atoms with van der Waals surface area (Å²) in [5.74, 6) is 0.617. The number of aryl methyl sites for hydroxylation is 2. The Kier molecular flexibility index (Phi) is 5.57. The Morgan fingerprint density at radius 2 is 1.41 bits per heavy atom. The van der Waals surface area contributed by atoms with Crippen molar-refractivity contribution in [3.05, 3.63) is 83.4 Å². The summed E-state index contributed by atoms with van der Waals surface area (Å²) in [5, 5.41) is 0. The molecule has 0 heterocycles. The van der Waals surface area contributed by atoms with Gasteiger partial charge in [0.05, 0.1) is 16.1 Å². The fraction of sp³-hybridized carbons (Fsp3) is 0.143. The highest BCUT2D eigenvalue weighted by atomic mass is 32.2. The number of sulfonamides is 1. The molecule has 0 fully saturated rings. The summed E-state index contributed by atoms with van der Waals surface area (Å²) in [5.41, 5.74) is 1.17. The lowest BCUT2D eigenvalue weighted by Crippen LogP contribution is -2.13. The normalized spacial score (nSPS) is 11.9. The van der Waals surface area contributed by atoms with Gasteiger partial charge >= 0.3 is 6.18 Å². The molecule has 0 saturated heterocycles. The van der Waals surface area contributed by atoms with Crippen LogP contribution in [-0.2, 0) is 16.2 Å². The second-order valence-corrected chi connectivity index (χ2v) is 8.20. The molecule has 0 atom stereocenters. The minimum absolute atomic E-state index is 0.146. The summed E-state index contributed by atoms with van der Waals surface area (Å²) in [7, 11) is -3.74. The number of alkyl halides is 3. The third-order valence-electron chi connectivity index (χ3n) is 4.19. The molecular weight excluding hydrogens is 403 g/mol. The first-order valence-electron chi connectivity index (χ1n) is 8.60. The number of anilines is 1. The van der Waals surface area contributed by atoms with Crippen molar-refractivity contribution in [3.63, 3.8) is 0 Å². The third kappa shape index (κ3) is 5.08. The van der Waals surface area contributed by atoms with Crippen LogP contribution in [0, 0.1) is 13.8 Å². The predicted molar refractivity (Wildman–Crippen MR) is 105 cm³/mol. The fourth-order valence-corrected chi connectivity index (χ4v) is 3.71. The van der Waals surface area contributed by atoms with Crippen LogP contribution >= 0.6 is 0 Å². The second kappa shape index (κ2) is 7.79. The quantitative estimate of drug-likeness (QED) is 0.557. The van der Waals surface area contributed by atoms with Crippen LogP contribution in [0.1, 0.15) is 16.7 Å². The van der Waals surface area contributed by atoms with Gasteiger partial charge in [0.15, 0.2) is 0 Å². The Hall–Kier alpha value is -3.00. The van der Waals surface area contributed by atoms with Gasteiger partial charge in [-0.2, -0.15) is 13.2 Å². The third-order valence-corrected chi connectivity index (χ3v) is 5.57. The van der Waals surface area contributed by atoms with E-state index in [1.165, 1.54) is 30.3 Å². The molecule has 0 amide bonds. The molecule has 0 radical (unpaired) electrons. The van der Waals surface area contributed by atoms with E-state index in [1.807, 2.05) is 6.92 Å². The molecule has 29 heavy (non-hydrogen) atoms. The second-order valence-electron chi connectivity index (χ2n) is 6.52. The van der Waals surface area contributed by atoms with Gasteiger partial charge in [0.2, 0.25) is 0 Å². The highest BCUT2D eigenvalue weighted by molar-refractivity contribution is 7.92. The lowest BCUT2D eigenvalue weighted by atomic mass is 10.2. The molecule has 0 aromatic heterocycles. The number of benzene rings is 3. The first-order chi connectivity index (χ1) is 13.5. The number of rotatable bonds is 5. The Morgan fingerprint density at radius 3 is 1.97 bits per heavy atom. The predicted octanol–water partition coefficient (Wildman–Crippen LogP) is 5.92. The average Bonchev–Trinajstić information content (AvgIpc) is 2.64. The Bertz CT molecular complexity index is 1110. The maximum absolute atomic E-state index is 12.6. The van der Waals surface area contributed by atoms with Crippen molar-refractivity contribution in [3.8, 4) is 11.5 Å². The fourth-order valence-electron chi connectivity index (χ4n) is 2.58. The maximum Gasteiger partial charge on any atom is 0.416 e. The van der Waals surface area contributed by atoms with E-state index in [0.717, 1.165) is 17.7 Å². The number of halogens is 3. The Balaban J connectivity index is 1.75. The highest BCUT2D eigenvalue weighted by Crippen LogP contribution is 2.32. The van der Waals surface area contributed by atoms with Gasteiger partial charge in [0.1, 0.15) is 11.5 Å². The van der Waals surface area contributed by atoms with E-state index in [2.05, 4.69) is 4.72 Å². The van der Waals surface area contributed by atoms with E-state index in [9.17, 15) is 21.6 Å². The Labute approximate surface area is 167 Å². The SMILES string of the molecule is Cc1ccc(S(=O)(=O)Nc2ccc(Oc3ccc(C(F)(F)F)cc3)cc2C)cc1. The van der Waals surface area contributed by atoms with Gasteiger partial charge in [0.25, 0.3) is 10.0 Å². The van der Waals surface area contributed by atoms with Crippen LogP contribution in [0.3, 0.4) is 0 Å². The van der Waals surface area contributed by atoms with E-state index in [1.54, 1.807) is 31.2 Å². The van der Waals surface area contributed by atoms with Crippen LogP contribution in [0.5, 0.6) is 11.5 Å². The van der Waals surface area contributed by atoms with E-state index < -0.39 is 21.8 Å². The van der Waals surface area contributed by atoms with Crippen LogP contribution in [-0.4, -0.2) is 8.42 Å². The largest absolute Gasteiger partial charge is 0.457 e. The topological polar surface area (TPSA) is 55.4 Å². The van der Waals surface area contributed by atoms with Crippen LogP contribution in [0.15, 0.2) is 71.6 Å². The summed E-state index contributed by atoms with van der Waals surface area (Å²) in [6, 6.07) is 15.5. The van der Waals surface area contributed by atoms with Crippen molar-refractivity contribution in [2.75, 3.05) is 4.72 Å².